The van der Waals surface area contributed by atoms with E-state index in [1.807, 2.05) is 25.1 Å². The number of nitrogens with one attached hydrogen (secondary N) is 1. The van der Waals surface area contributed by atoms with E-state index in [1.165, 1.54) is 0 Å². The average molecular weight is 256 g/mol. The van der Waals surface area contributed by atoms with Crippen LogP contribution in [0.5, 0.6) is 5.75 Å². The zero-order chi connectivity index (χ0) is 12.3. The summed E-state index contributed by atoms with van der Waals surface area (Å²) in [6.07, 6.45) is 0.919. The van der Waals surface area contributed by atoms with E-state index in [4.69, 9.17) is 16.3 Å². The Bertz CT molecular complexity index is 378. The molecule has 1 aliphatic heterocycles. The lowest BCUT2D eigenvalue weighted by molar-refractivity contribution is 0.0736. The molecule has 1 aromatic rings. The van der Waals surface area contributed by atoms with E-state index in [0.29, 0.717) is 10.9 Å². The SMILES string of the molecule is Cc1cc(Cl)ccc1O[C@@H](CO)[C@H]1CCNC1. The summed E-state index contributed by atoms with van der Waals surface area (Å²) in [5.41, 5.74) is 1.00. The molecular weight excluding hydrogens is 238 g/mol. The summed E-state index contributed by atoms with van der Waals surface area (Å²) in [4.78, 5) is 0. The van der Waals surface area contributed by atoms with Crippen LogP contribution in [-0.4, -0.2) is 30.9 Å². The van der Waals surface area contributed by atoms with Crippen LogP contribution < -0.4 is 10.1 Å². The van der Waals surface area contributed by atoms with Crippen molar-refractivity contribution in [3.8, 4) is 5.75 Å². The van der Waals surface area contributed by atoms with Crippen LogP contribution in [0.4, 0.5) is 0 Å². The van der Waals surface area contributed by atoms with Crippen LogP contribution in [0.1, 0.15) is 12.0 Å². The topological polar surface area (TPSA) is 41.5 Å². The third-order valence-corrected chi connectivity index (χ3v) is 3.45. The molecule has 3 nitrogen and oxygen atoms in total. The number of halogens is 1. The number of hydrogen-bond acceptors (Lipinski definition) is 3. The summed E-state index contributed by atoms with van der Waals surface area (Å²) in [5.74, 6) is 1.19. The van der Waals surface area contributed by atoms with Gasteiger partial charge in [0.25, 0.3) is 0 Å². The van der Waals surface area contributed by atoms with Gasteiger partial charge in [-0.3, -0.25) is 0 Å². The van der Waals surface area contributed by atoms with Crippen LogP contribution in [0.25, 0.3) is 0 Å². The zero-order valence-corrected chi connectivity index (χ0v) is 10.7. The average Bonchev–Trinajstić information content (AvgIpc) is 2.81. The molecule has 17 heavy (non-hydrogen) atoms. The Balaban J connectivity index is 2.06. The van der Waals surface area contributed by atoms with Crippen LogP contribution in [-0.2, 0) is 0 Å². The third kappa shape index (κ3) is 3.12. The standard InChI is InChI=1S/C13H18ClNO2/c1-9-6-11(14)2-3-12(9)17-13(8-16)10-4-5-15-7-10/h2-3,6,10,13,15-16H,4-5,7-8H2,1H3/t10-,13-/m0/s1. The molecule has 2 rings (SSSR count). The molecule has 2 atom stereocenters. The van der Waals surface area contributed by atoms with Gasteiger partial charge in [0, 0.05) is 17.5 Å². The van der Waals surface area contributed by atoms with E-state index in [2.05, 4.69) is 5.32 Å². The van der Waals surface area contributed by atoms with Crippen molar-refractivity contribution in [2.45, 2.75) is 19.4 Å². The van der Waals surface area contributed by atoms with Gasteiger partial charge >= 0.3 is 0 Å². The summed E-state index contributed by atoms with van der Waals surface area (Å²) >= 11 is 5.90. The predicted molar refractivity (Wildman–Crippen MR) is 68.7 cm³/mol. The summed E-state index contributed by atoms with van der Waals surface area (Å²) in [6.45, 7) is 3.93. The minimum Gasteiger partial charge on any atom is -0.487 e. The fourth-order valence-electron chi connectivity index (χ4n) is 2.19. The molecule has 0 aliphatic carbocycles. The van der Waals surface area contributed by atoms with Gasteiger partial charge in [0.1, 0.15) is 11.9 Å². The van der Waals surface area contributed by atoms with E-state index in [0.717, 1.165) is 30.8 Å². The van der Waals surface area contributed by atoms with Crippen molar-refractivity contribution in [3.05, 3.63) is 28.8 Å². The quantitative estimate of drug-likeness (QED) is 0.865. The monoisotopic (exact) mass is 255 g/mol. The highest BCUT2D eigenvalue weighted by Gasteiger charge is 2.26. The van der Waals surface area contributed by atoms with Crippen molar-refractivity contribution in [3.63, 3.8) is 0 Å². The van der Waals surface area contributed by atoms with Crippen LogP contribution in [0.2, 0.25) is 5.02 Å². The number of hydrogen-bond donors (Lipinski definition) is 2. The van der Waals surface area contributed by atoms with E-state index >= 15 is 0 Å². The lowest BCUT2D eigenvalue weighted by Crippen LogP contribution is -2.32. The highest BCUT2D eigenvalue weighted by molar-refractivity contribution is 6.30. The van der Waals surface area contributed by atoms with Gasteiger partial charge in [-0.15, -0.1) is 0 Å². The second-order valence-corrected chi connectivity index (χ2v) is 4.94. The van der Waals surface area contributed by atoms with Gasteiger partial charge in [0.15, 0.2) is 0 Å². The first kappa shape index (κ1) is 12.7. The molecule has 94 valence electrons. The van der Waals surface area contributed by atoms with E-state index in [-0.39, 0.29) is 12.7 Å². The number of ether oxygens (including phenoxy) is 1. The van der Waals surface area contributed by atoms with Gasteiger partial charge in [-0.1, -0.05) is 11.6 Å². The molecule has 0 unspecified atom stereocenters. The highest BCUT2D eigenvalue weighted by Crippen LogP contribution is 2.25. The van der Waals surface area contributed by atoms with E-state index < -0.39 is 0 Å². The minimum absolute atomic E-state index is 0.0500. The molecule has 4 heteroatoms. The molecular formula is C13H18ClNO2. The van der Waals surface area contributed by atoms with Gasteiger partial charge < -0.3 is 15.2 Å². The minimum atomic E-state index is -0.134. The Hall–Kier alpha value is -0.770. The van der Waals surface area contributed by atoms with Crippen molar-refractivity contribution in [1.82, 2.24) is 5.32 Å². The summed E-state index contributed by atoms with van der Waals surface area (Å²) in [7, 11) is 0. The van der Waals surface area contributed by atoms with Crippen molar-refractivity contribution in [1.29, 1.82) is 0 Å². The Morgan fingerprint density at radius 2 is 2.41 bits per heavy atom. The Morgan fingerprint density at radius 3 is 3.00 bits per heavy atom. The molecule has 1 saturated heterocycles. The van der Waals surface area contributed by atoms with E-state index in [1.54, 1.807) is 0 Å². The molecule has 0 radical (unpaired) electrons. The Kier molecular flexibility index (Phi) is 4.26. The molecule has 0 bridgehead atoms. The maximum absolute atomic E-state index is 9.41. The molecule has 0 aromatic heterocycles. The van der Waals surface area contributed by atoms with Crippen molar-refractivity contribution in [2.24, 2.45) is 5.92 Å². The predicted octanol–water partition coefficient (Wildman–Crippen LogP) is 2.00. The van der Waals surface area contributed by atoms with Crippen LogP contribution in [0.3, 0.4) is 0 Å². The molecule has 0 amide bonds. The Labute approximate surface area is 107 Å². The number of aryl methyl sites for hydroxylation is 1. The van der Waals surface area contributed by atoms with Gasteiger partial charge in [0.05, 0.1) is 6.61 Å². The number of aliphatic hydroxyl groups excluding tert-OH is 1. The highest BCUT2D eigenvalue weighted by atomic mass is 35.5. The molecule has 1 fully saturated rings. The summed E-state index contributed by atoms with van der Waals surface area (Å²) in [6, 6.07) is 5.55. The normalized spacial score (nSPS) is 21.5. The molecule has 0 saturated carbocycles. The smallest absolute Gasteiger partial charge is 0.126 e. The summed E-state index contributed by atoms with van der Waals surface area (Å²) < 4.78 is 5.88. The second-order valence-electron chi connectivity index (χ2n) is 4.50. The fourth-order valence-corrected chi connectivity index (χ4v) is 2.41. The van der Waals surface area contributed by atoms with Crippen LogP contribution >= 0.6 is 11.6 Å². The fraction of sp³-hybridized carbons (Fsp3) is 0.538. The molecule has 0 spiro atoms. The van der Waals surface area contributed by atoms with Gasteiger partial charge in [-0.2, -0.15) is 0 Å². The zero-order valence-electron chi connectivity index (χ0n) is 9.95. The lowest BCUT2D eigenvalue weighted by atomic mass is 10.0. The van der Waals surface area contributed by atoms with Crippen molar-refractivity contribution in [2.75, 3.05) is 19.7 Å². The van der Waals surface area contributed by atoms with E-state index in [9.17, 15) is 5.11 Å². The molecule has 1 aliphatic rings. The van der Waals surface area contributed by atoms with Crippen LogP contribution in [0, 0.1) is 12.8 Å². The first-order chi connectivity index (χ1) is 8.20. The van der Waals surface area contributed by atoms with Crippen molar-refractivity contribution < 1.29 is 9.84 Å². The molecule has 1 heterocycles. The van der Waals surface area contributed by atoms with Gasteiger partial charge in [-0.05, 0) is 43.7 Å². The number of rotatable bonds is 4. The maximum atomic E-state index is 9.41. The first-order valence-corrected chi connectivity index (χ1v) is 6.33. The number of aliphatic hydroxyl groups is 1. The third-order valence-electron chi connectivity index (χ3n) is 3.22. The van der Waals surface area contributed by atoms with Crippen molar-refractivity contribution >= 4 is 11.6 Å². The first-order valence-electron chi connectivity index (χ1n) is 5.95. The molecule has 2 N–H and O–H groups in total. The van der Waals surface area contributed by atoms with Gasteiger partial charge in [-0.25, -0.2) is 0 Å². The lowest BCUT2D eigenvalue weighted by Gasteiger charge is -2.23. The Morgan fingerprint density at radius 1 is 1.59 bits per heavy atom. The summed E-state index contributed by atoms with van der Waals surface area (Å²) in [5, 5.41) is 13.4. The molecule has 1 aromatic carbocycles. The van der Waals surface area contributed by atoms with Gasteiger partial charge in [0.2, 0.25) is 0 Å². The van der Waals surface area contributed by atoms with Crippen LogP contribution in [0.15, 0.2) is 18.2 Å². The maximum Gasteiger partial charge on any atom is 0.126 e. The largest absolute Gasteiger partial charge is 0.487 e. The second kappa shape index (κ2) is 5.71. The number of benzene rings is 1.